The molecule has 10 heavy (non-hydrogen) atoms. The molecule has 0 aromatic carbocycles. The highest BCUT2D eigenvalue weighted by atomic mass is 16.5. The zero-order chi connectivity index (χ0) is 7.72. The minimum Gasteiger partial charge on any atom is -0.396 e. The molecule has 1 rings (SSSR count). The molecular formula is C5H10N2O3. The van der Waals surface area contributed by atoms with Gasteiger partial charge in [0.15, 0.2) is 0 Å². The van der Waals surface area contributed by atoms with Gasteiger partial charge < -0.3 is 10.8 Å². The summed E-state index contributed by atoms with van der Waals surface area (Å²) in [4.78, 5) is 10.7. The number of hydroxylamine groups is 2. The quantitative estimate of drug-likeness (QED) is 0.379. The van der Waals surface area contributed by atoms with E-state index in [1.807, 2.05) is 0 Å². The van der Waals surface area contributed by atoms with Gasteiger partial charge in [-0.2, -0.15) is 0 Å². The number of nitrogens with zero attached hydrogens (tertiary/aromatic N) is 1. The standard InChI is InChI=1S/C5H10N2O3/c6-4-3(2-8)1-7(10)5(4)9/h3-4,8,10H,1-2,6H2/t3-,4+/m0/s1. The van der Waals surface area contributed by atoms with Crippen LogP contribution in [-0.4, -0.2) is 40.5 Å². The van der Waals surface area contributed by atoms with Gasteiger partial charge in [-0.15, -0.1) is 0 Å². The number of carbonyl (C=O) groups excluding carboxylic acids is 1. The number of rotatable bonds is 1. The predicted octanol–water partition coefficient (Wildman–Crippen LogP) is -1.85. The summed E-state index contributed by atoms with van der Waals surface area (Å²) in [6.45, 7) is -0.0273. The first-order chi connectivity index (χ1) is 4.66. The Morgan fingerprint density at radius 2 is 2.40 bits per heavy atom. The number of hydrogen-bond acceptors (Lipinski definition) is 4. The lowest BCUT2D eigenvalue weighted by atomic mass is 10.1. The van der Waals surface area contributed by atoms with Crippen molar-refractivity contribution < 1.29 is 15.1 Å². The number of aliphatic hydroxyl groups excluding tert-OH is 1. The van der Waals surface area contributed by atoms with E-state index >= 15 is 0 Å². The van der Waals surface area contributed by atoms with E-state index in [0.29, 0.717) is 5.06 Å². The van der Waals surface area contributed by atoms with Gasteiger partial charge in [-0.25, -0.2) is 5.06 Å². The molecular weight excluding hydrogens is 136 g/mol. The van der Waals surface area contributed by atoms with Gasteiger partial charge in [0, 0.05) is 12.5 Å². The first-order valence-corrected chi connectivity index (χ1v) is 3.03. The van der Waals surface area contributed by atoms with Crippen molar-refractivity contribution >= 4 is 5.91 Å². The normalized spacial score (nSPS) is 33.5. The fourth-order valence-corrected chi connectivity index (χ4v) is 0.971. The third-order valence-corrected chi connectivity index (χ3v) is 1.69. The molecule has 1 aliphatic rings. The van der Waals surface area contributed by atoms with Crippen molar-refractivity contribution in [2.45, 2.75) is 6.04 Å². The summed E-state index contributed by atoms with van der Waals surface area (Å²) in [5.74, 6) is -0.837. The van der Waals surface area contributed by atoms with Crippen molar-refractivity contribution in [2.24, 2.45) is 11.7 Å². The topological polar surface area (TPSA) is 86.8 Å². The molecule has 1 heterocycles. The number of hydrogen-bond donors (Lipinski definition) is 3. The van der Waals surface area contributed by atoms with Crippen molar-refractivity contribution in [1.82, 2.24) is 5.06 Å². The van der Waals surface area contributed by atoms with Crippen LogP contribution in [0.4, 0.5) is 0 Å². The van der Waals surface area contributed by atoms with E-state index in [2.05, 4.69) is 0 Å². The number of nitrogens with two attached hydrogens (primary N) is 1. The summed E-state index contributed by atoms with van der Waals surface area (Å²) in [5.41, 5.74) is 5.31. The Morgan fingerprint density at radius 3 is 2.60 bits per heavy atom. The average molecular weight is 146 g/mol. The van der Waals surface area contributed by atoms with Crippen molar-refractivity contribution in [3.63, 3.8) is 0 Å². The molecule has 58 valence electrons. The predicted molar refractivity (Wildman–Crippen MR) is 32.1 cm³/mol. The molecule has 0 aliphatic carbocycles. The third-order valence-electron chi connectivity index (χ3n) is 1.69. The van der Waals surface area contributed by atoms with E-state index in [1.54, 1.807) is 0 Å². The van der Waals surface area contributed by atoms with E-state index in [-0.39, 0.29) is 19.1 Å². The lowest BCUT2D eigenvalue weighted by Gasteiger charge is -2.05. The largest absolute Gasteiger partial charge is 0.396 e. The highest BCUT2D eigenvalue weighted by Crippen LogP contribution is 2.13. The van der Waals surface area contributed by atoms with Gasteiger partial charge in [0.25, 0.3) is 5.91 Å². The summed E-state index contributed by atoms with van der Waals surface area (Å²) in [6, 6.07) is -0.741. The maximum absolute atomic E-state index is 10.7. The van der Waals surface area contributed by atoms with Crippen LogP contribution >= 0.6 is 0 Å². The van der Waals surface area contributed by atoms with Crippen LogP contribution in [0, 0.1) is 5.92 Å². The highest BCUT2D eigenvalue weighted by molar-refractivity contribution is 5.83. The fourth-order valence-electron chi connectivity index (χ4n) is 0.971. The Balaban J connectivity index is 2.61. The van der Waals surface area contributed by atoms with Crippen molar-refractivity contribution in [3.05, 3.63) is 0 Å². The second kappa shape index (κ2) is 2.53. The van der Waals surface area contributed by atoms with Crippen LogP contribution < -0.4 is 5.73 Å². The van der Waals surface area contributed by atoms with Crippen LogP contribution in [0.25, 0.3) is 0 Å². The maximum atomic E-state index is 10.7. The van der Waals surface area contributed by atoms with Crippen LogP contribution in [0.2, 0.25) is 0 Å². The minimum absolute atomic E-state index is 0.135. The Labute approximate surface area is 58.0 Å². The van der Waals surface area contributed by atoms with Crippen LogP contribution in [0.5, 0.6) is 0 Å². The smallest absolute Gasteiger partial charge is 0.263 e. The molecule has 0 aromatic heterocycles. The lowest BCUT2D eigenvalue weighted by Crippen LogP contribution is -2.35. The van der Waals surface area contributed by atoms with Gasteiger partial charge in [0.1, 0.15) is 0 Å². The van der Waals surface area contributed by atoms with Gasteiger partial charge in [-0.05, 0) is 0 Å². The van der Waals surface area contributed by atoms with Crippen molar-refractivity contribution in [1.29, 1.82) is 0 Å². The highest BCUT2D eigenvalue weighted by Gasteiger charge is 2.36. The molecule has 4 N–H and O–H groups in total. The van der Waals surface area contributed by atoms with Gasteiger partial charge >= 0.3 is 0 Å². The lowest BCUT2D eigenvalue weighted by molar-refractivity contribution is -0.158. The molecule has 0 spiro atoms. The molecule has 5 nitrogen and oxygen atoms in total. The summed E-state index contributed by atoms with van der Waals surface area (Å²) in [7, 11) is 0. The van der Waals surface area contributed by atoms with E-state index in [0.717, 1.165) is 0 Å². The molecule has 5 heteroatoms. The Hall–Kier alpha value is -0.650. The number of carbonyl (C=O) groups is 1. The summed E-state index contributed by atoms with van der Waals surface area (Å²) in [5, 5.41) is 17.9. The molecule has 0 radical (unpaired) electrons. The molecule has 0 unspecified atom stereocenters. The zero-order valence-corrected chi connectivity index (χ0v) is 5.40. The van der Waals surface area contributed by atoms with E-state index in [9.17, 15) is 4.79 Å². The minimum atomic E-state index is -0.741. The summed E-state index contributed by atoms with van der Waals surface area (Å²) in [6.07, 6.45) is 0. The van der Waals surface area contributed by atoms with Crippen LogP contribution in [0.3, 0.4) is 0 Å². The summed E-state index contributed by atoms with van der Waals surface area (Å²) >= 11 is 0. The molecule has 2 atom stereocenters. The second-order valence-electron chi connectivity index (χ2n) is 2.39. The zero-order valence-electron chi connectivity index (χ0n) is 5.40. The van der Waals surface area contributed by atoms with Gasteiger partial charge in [0.05, 0.1) is 12.6 Å². The molecule has 1 aliphatic heterocycles. The summed E-state index contributed by atoms with van der Waals surface area (Å²) < 4.78 is 0. The van der Waals surface area contributed by atoms with Crippen LogP contribution in [-0.2, 0) is 4.79 Å². The first kappa shape index (κ1) is 7.46. The fraction of sp³-hybridized carbons (Fsp3) is 0.800. The number of amides is 1. The molecule has 1 amide bonds. The number of aliphatic hydroxyl groups is 1. The van der Waals surface area contributed by atoms with E-state index in [4.69, 9.17) is 16.0 Å². The SMILES string of the molecule is N[C@H]1C(=O)N(O)C[C@H]1CO. The third kappa shape index (κ3) is 0.985. The van der Waals surface area contributed by atoms with E-state index < -0.39 is 11.9 Å². The van der Waals surface area contributed by atoms with Crippen LogP contribution in [0.1, 0.15) is 0 Å². The Kier molecular flexibility index (Phi) is 1.89. The van der Waals surface area contributed by atoms with Gasteiger partial charge in [-0.3, -0.25) is 10.0 Å². The molecule has 0 saturated carbocycles. The molecule has 1 saturated heterocycles. The Morgan fingerprint density at radius 1 is 1.80 bits per heavy atom. The van der Waals surface area contributed by atoms with Gasteiger partial charge in [-0.1, -0.05) is 0 Å². The van der Waals surface area contributed by atoms with Crippen molar-refractivity contribution in [2.75, 3.05) is 13.2 Å². The molecule has 1 fully saturated rings. The second-order valence-corrected chi connectivity index (χ2v) is 2.39. The average Bonchev–Trinajstić information content (AvgIpc) is 2.17. The van der Waals surface area contributed by atoms with E-state index in [1.165, 1.54) is 0 Å². The Bertz CT molecular complexity index is 150. The maximum Gasteiger partial charge on any atom is 0.263 e. The monoisotopic (exact) mass is 146 g/mol. The van der Waals surface area contributed by atoms with Crippen molar-refractivity contribution in [3.8, 4) is 0 Å². The molecule has 0 aromatic rings. The first-order valence-electron chi connectivity index (χ1n) is 3.03. The van der Waals surface area contributed by atoms with Gasteiger partial charge in [0.2, 0.25) is 0 Å². The molecule has 0 bridgehead atoms. The van der Waals surface area contributed by atoms with Crippen LogP contribution in [0.15, 0.2) is 0 Å².